The summed E-state index contributed by atoms with van der Waals surface area (Å²) < 4.78 is 102. The first-order valence-electron chi connectivity index (χ1n) is 13.2. The minimum Gasteiger partial charge on any atom is -0.382 e. The summed E-state index contributed by atoms with van der Waals surface area (Å²) in [6, 6.07) is 10.2. The molecule has 0 saturated carbocycles. The van der Waals surface area contributed by atoms with Gasteiger partial charge in [0.25, 0.3) is 0 Å². The minimum absolute atomic E-state index is 0.0152. The van der Waals surface area contributed by atoms with Crippen LogP contribution < -0.4 is 10.6 Å². The molecule has 0 bridgehead atoms. The van der Waals surface area contributed by atoms with Crippen LogP contribution in [0.4, 0.5) is 28.9 Å². The number of nitrogens with one attached hydrogen (secondary N) is 2. The molecule has 1 saturated heterocycles. The number of alkyl halides is 3. The molecule has 2 aromatic carbocycles. The lowest BCUT2D eigenvalue weighted by atomic mass is 10.0. The van der Waals surface area contributed by atoms with Gasteiger partial charge in [0.05, 0.1) is 34.1 Å². The second-order valence-corrected chi connectivity index (χ2v) is 14.7. The van der Waals surface area contributed by atoms with Gasteiger partial charge < -0.3 is 20.1 Å². The highest BCUT2D eigenvalue weighted by Crippen LogP contribution is 2.31. The highest BCUT2D eigenvalue weighted by atomic mass is 32.2. The summed E-state index contributed by atoms with van der Waals surface area (Å²) in [5.74, 6) is 4.81. The first-order valence-corrected chi connectivity index (χ1v) is 17.1. The Bertz CT molecular complexity index is 1720. The van der Waals surface area contributed by atoms with E-state index >= 15 is 0 Å². The summed E-state index contributed by atoms with van der Waals surface area (Å²) in [5, 5.41) is 6.75. The monoisotopic (exact) mass is 628 g/mol. The van der Waals surface area contributed by atoms with Crippen LogP contribution in [0.1, 0.15) is 18.5 Å². The van der Waals surface area contributed by atoms with Gasteiger partial charge in [-0.15, -0.1) is 0 Å². The fraction of sp³-hybridized carbons (Fsp3) is 0.429. The molecule has 8 nitrogen and oxygen atoms in total. The number of aromatic nitrogens is 1. The number of anilines is 2. The zero-order chi connectivity index (χ0) is 30.7. The number of likely N-dealkylation sites (tertiary alicyclic amines) is 1. The maximum absolute atomic E-state index is 14.3. The van der Waals surface area contributed by atoms with Crippen LogP contribution in [-0.4, -0.2) is 83.0 Å². The molecule has 14 heteroatoms. The maximum Gasteiger partial charge on any atom is 0.406 e. The van der Waals surface area contributed by atoms with Crippen LogP contribution in [-0.2, 0) is 26.2 Å². The molecule has 1 aliphatic rings. The van der Waals surface area contributed by atoms with Gasteiger partial charge in [-0.05, 0) is 55.2 Å². The number of piperidine rings is 1. The van der Waals surface area contributed by atoms with Crippen molar-refractivity contribution in [1.82, 2.24) is 9.47 Å². The van der Waals surface area contributed by atoms with Crippen molar-refractivity contribution in [2.45, 2.75) is 36.5 Å². The highest BCUT2D eigenvalue weighted by Gasteiger charge is 2.30. The SMILES string of the molecule is CS(=O)(=O)CCN1CCC(Nc2cccc3c2cc(C#CCNc2ccc(S(C)(=O)=O)cc2F)n3CC(F)(F)F)CC1. The lowest BCUT2D eigenvalue weighted by Gasteiger charge is -2.32. The van der Waals surface area contributed by atoms with Gasteiger partial charge in [0.1, 0.15) is 22.2 Å². The Morgan fingerprint density at radius 1 is 1.00 bits per heavy atom. The Kier molecular flexibility index (Phi) is 9.44. The largest absolute Gasteiger partial charge is 0.406 e. The van der Waals surface area contributed by atoms with E-state index in [1.807, 2.05) is 0 Å². The Morgan fingerprint density at radius 3 is 2.33 bits per heavy atom. The van der Waals surface area contributed by atoms with Crippen LogP contribution in [0.25, 0.3) is 10.9 Å². The number of hydrogen-bond donors (Lipinski definition) is 2. The van der Waals surface area contributed by atoms with E-state index in [4.69, 9.17) is 0 Å². The number of nitrogens with zero attached hydrogens (tertiary/aromatic N) is 2. The topological polar surface area (TPSA) is 101 Å². The molecule has 0 radical (unpaired) electrons. The fourth-order valence-electron chi connectivity index (χ4n) is 4.82. The number of hydrogen-bond acceptors (Lipinski definition) is 7. The molecular formula is C28H32F4N4O4S2. The van der Waals surface area contributed by atoms with Crippen LogP contribution in [0.15, 0.2) is 47.4 Å². The van der Waals surface area contributed by atoms with Crippen LogP contribution in [0.5, 0.6) is 0 Å². The number of halogens is 4. The van der Waals surface area contributed by atoms with Gasteiger partial charge in [-0.3, -0.25) is 0 Å². The molecule has 0 unspecified atom stereocenters. The van der Waals surface area contributed by atoms with Crippen molar-refractivity contribution in [3.05, 3.63) is 54.0 Å². The number of rotatable bonds is 9. The van der Waals surface area contributed by atoms with Crippen molar-refractivity contribution >= 4 is 42.0 Å². The van der Waals surface area contributed by atoms with E-state index in [9.17, 15) is 34.4 Å². The van der Waals surface area contributed by atoms with E-state index in [0.29, 0.717) is 36.2 Å². The predicted octanol–water partition coefficient (Wildman–Crippen LogP) is 4.13. The Hall–Kier alpha value is -3.28. The molecule has 2 heterocycles. The van der Waals surface area contributed by atoms with E-state index in [1.165, 1.54) is 18.4 Å². The molecule has 1 aromatic heterocycles. The third-order valence-electron chi connectivity index (χ3n) is 6.96. The van der Waals surface area contributed by atoms with E-state index in [1.54, 1.807) is 24.3 Å². The quantitative estimate of drug-likeness (QED) is 0.272. The van der Waals surface area contributed by atoms with Crippen molar-refractivity contribution in [2.75, 3.05) is 55.1 Å². The molecule has 0 spiro atoms. The van der Waals surface area contributed by atoms with Gasteiger partial charge in [-0.2, -0.15) is 13.2 Å². The van der Waals surface area contributed by atoms with Gasteiger partial charge in [-0.25, -0.2) is 21.2 Å². The van der Waals surface area contributed by atoms with Crippen LogP contribution in [0.2, 0.25) is 0 Å². The van der Waals surface area contributed by atoms with Crippen molar-refractivity contribution in [2.24, 2.45) is 0 Å². The van der Waals surface area contributed by atoms with E-state index in [2.05, 4.69) is 27.4 Å². The molecule has 42 heavy (non-hydrogen) atoms. The number of sulfone groups is 2. The average Bonchev–Trinajstić information content (AvgIpc) is 3.22. The normalized spacial score (nSPS) is 15.4. The molecule has 228 valence electrons. The molecule has 3 aromatic rings. The summed E-state index contributed by atoms with van der Waals surface area (Å²) >= 11 is 0. The van der Waals surface area contributed by atoms with Crippen LogP contribution >= 0.6 is 0 Å². The second kappa shape index (κ2) is 12.5. The zero-order valence-corrected chi connectivity index (χ0v) is 24.8. The second-order valence-electron chi connectivity index (χ2n) is 10.4. The summed E-state index contributed by atoms with van der Waals surface area (Å²) in [6.45, 7) is 0.555. The van der Waals surface area contributed by atoms with Gasteiger partial charge in [0, 0.05) is 49.3 Å². The molecule has 0 aliphatic carbocycles. The van der Waals surface area contributed by atoms with E-state index in [-0.39, 0.29) is 34.6 Å². The number of benzene rings is 2. The number of fused-ring (bicyclic) bond motifs is 1. The summed E-state index contributed by atoms with van der Waals surface area (Å²) in [4.78, 5) is 1.92. The van der Waals surface area contributed by atoms with E-state index < -0.39 is 38.2 Å². The lowest BCUT2D eigenvalue weighted by molar-refractivity contribution is -0.140. The first kappa shape index (κ1) is 31.7. The maximum atomic E-state index is 14.3. The van der Waals surface area contributed by atoms with Crippen molar-refractivity contribution < 1.29 is 34.4 Å². The van der Waals surface area contributed by atoms with Gasteiger partial charge >= 0.3 is 6.18 Å². The first-order chi connectivity index (χ1) is 19.6. The standard InChI is InChI=1S/C28H32F4N4O4S2/c1-41(37,38)16-15-35-13-10-20(11-14-35)34-25-6-3-7-27-23(25)17-21(36(27)19-28(30,31)32)5-4-12-33-26-9-8-22(18-24(26)29)42(2,39)40/h3,6-9,17-18,20,33-34H,10-16,19H2,1-2H3. The van der Waals surface area contributed by atoms with Gasteiger partial charge in [0.15, 0.2) is 9.84 Å². The lowest BCUT2D eigenvalue weighted by Crippen LogP contribution is -2.41. The third kappa shape index (κ3) is 8.62. The molecular weight excluding hydrogens is 596 g/mol. The van der Waals surface area contributed by atoms with Gasteiger partial charge in [0.2, 0.25) is 0 Å². The molecule has 0 amide bonds. The zero-order valence-electron chi connectivity index (χ0n) is 23.1. The van der Waals surface area contributed by atoms with Crippen molar-refractivity contribution in [3.8, 4) is 11.8 Å². The summed E-state index contributed by atoms with van der Waals surface area (Å²) in [5.41, 5.74) is 1.20. The Morgan fingerprint density at radius 2 is 1.71 bits per heavy atom. The molecule has 0 atom stereocenters. The smallest absolute Gasteiger partial charge is 0.382 e. The highest BCUT2D eigenvalue weighted by molar-refractivity contribution is 7.91. The Balaban J connectivity index is 1.51. The van der Waals surface area contributed by atoms with Crippen LogP contribution in [0.3, 0.4) is 0 Å². The van der Waals surface area contributed by atoms with Crippen molar-refractivity contribution in [3.63, 3.8) is 0 Å². The van der Waals surface area contributed by atoms with Gasteiger partial charge in [-0.1, -0.05) is 12.0 Å². The Labute approximate surface area is 242 Å². The van der Waals surface area contributed by atoms with E-state index in [0.717, 1.165) is 29.7 Å². The fourth-order valence-corrected chi connectivity index (χ4v) is 6.05. The average molecular weight is 629 g/mol. The molecule has 2 N–H and O–H groups in total. The third-order valence-corrected chi connectivity index (χ3v) is 9.00. The molecule has 1 fully saturated rings. The molecule has 1 aliphatic heterocycles. The van der Waals surface area contributed by atoms with Crippen LogP contribution in [0, 0.1) is 17.7 Å². The van der Waals surface area contributed by atoms with Crippen molar-refractivity contribution in [1.29, 1.82) is 0 Å². The molecule has 4 rings (SSSR count). The predicted molar refractivity (Wildman–Crippen MR) is 156 cm³/mol. The summed E-state index contributed by atoms with van der Waals surface area (Å²) in [6.07, 6.45) is -0.807. The summed E-state index contributed by atoms with van der Waals surface area (Å²) in [7, 11) is -6.62. The minimum atomic E-state index is -4.49.